The molecule has 0 aromatic carbocycles. The maximum absolute atomic E-state index is 12.1. The Kier molecular flexibility index (Phi) is 12.5. The van der Waals surface area contributed by atoms with Gasteiger partial charge in [0, 0.05) is 0 Å². The van der Waals surface area contributed by atoms with Crippen LogP contribution in [0.5, 0.6) is 0 Å². The van der Waals surface area contributed by atoms with Crippen molar-refractivity contribution in [2.45, 2.75) is 119 Å². The van der Waals surface area contributed by atoms with Gasteiger partial charge in [-0.2, -0.15) is 0 Å². The largest absolute Gasteiger partial charge is 0.465 e. The highest BCUT2D eigenvalue weighted by Crippen LogP contribution is 2.64. The van der Waals surface area contributed by atoms with Crippen LogP contribution in [0.1, 0.15) is 119 Å². The van der Waals surface area contributed by atoms with Gasteiger partial charge in [-0.3, -0.25) is 9.59 Å². The SMILES string of the molecule is CCCC1CC2(C1)CC(C(C(=O)OCC)C(=O)OCC)C2.CCCC1CC2(CC(=C(C(=O)OCC)C(=O)OCC)C2)C1. The van der Waals surface area contributed by atoms with E-state index in [1.54, 1.807) is 27.7 Å². The molecule has 4 aliphatic rings. The molecule has 0 saturated heterocycles. The van der Waals surface area contributed by atoms with Crippen LogP contribution in [0, 0.1) is 34.5 Å². The third-order valence-corrected chi connectivity index (χ3v) is 9.71. The summed E-state index contributed by atoms with van der Waals surface area (Å²) in [4.78, 5) is 48.1. The van der Waals surface area contributed by atoms with Gasteiger partial charge in [-0.15, -0.1) is 0 Å². The number of ether oxygens (including phenoxy) is 4. The predicted molar refractivity (Wildman–Crippen MR) is 159 cm³/mol. The van der Waals surface area contributed by atoms with Crippen LogP contribution in [-0.2, 0) is 38.1 Å². The number of hydrogen-bond donors (Lipinski definition) is 0. The summed E-state index contributed by atoms with van der Waals surface area (Å²) in [6.45, 7) is 12.6. The Morgan fingerprint density at radius 1 is 0.619 bits per heavy atom. The van der Waals surface area contributed by atoms with E-state index in [0.29, 0.717) is 24.0 Å². The fourth-order valence-corrected chi connectivity index (χ4v) is 8.22. The van der Waals surface area contributed by atoms with Crippen molar-refractivity contribution < 1.29 is 38.1 Å². The molecule has 0 radical (unpaired) electrons. The molecule has 8 heteroatoms. The van der Waals surface area contributed by atoms with Gasteiger partial charge in [-0.25, -0.2) is 9.59 Å². The molecule has 42 heavy (non-hydrogen) atoms. The molecule has 8 nitrogen and oxygen atoms in total. The minimum atomic E-state index is -0.708. The fraction of sp³-hybridized carbons (Fsp3) is 0.824. The summed E-state index contributed by atoms with van der Waals surface area (Å²) in [5.41, 5.74) is 1.87. The van der Waals surface area contributed by atoms with Crippen LogP contribution < -0.4 is 0 Å². The number of esters is 4. The molecule has 4 saturated carbocycles. The van der Waals surface area contributed by atoms with Crippen LogP contribution in [0.25, 0.3) is 0 Å². The van der Waals surface area contributed by atoms with Gasteiger partial charge in [0.2, 0.25) is 0 Å². The Morgan fingerprint density at radius 2 is 1.02 bits per heavy atom. The Morgan fingerprint density at radius 3 is 1.40 bits per heavy atom. The number of carbonyl (C=O) groups excluding carboxylic acids is 4. The summed E-state index contributed by atoms with van der Waals surface area (Å²) < 4.78 is 20.2. The second kappa shape index (κ2) is 15.4. The maximum Gasteiger partial charge on any atom is 0.345 e. The molecule has 2 spiro atoms. The topological polar surface area (TPSA) is 105 Å². The third kappa shape index (κ3) is 7.96. The Bertz CT molecular complexity index is 930. The molecule has 4 fully saturated rings. The zero-order valence-corrected chi connectivity index (χ0v) is 26.9. The maximum atomic E-state index is 12.1. The van der Waals surface area contributed by atoms with Gasteiger partial charge < -0.3 is 18.9 Å². The van der Waals surface area contributed by atoms with E-state index < -0.39 is 29.8 Å². The molecule has 0 bridgehead atoms. The summed E-state index contributed by atoms with van der Waals surface area (Å²) >= 11 is 0. The average Bonchev–Trinajstić information content (AvgIpc) is 2.84. The highest BCUT2D eigenvalue weighted by atomic mass is 16.6. The van der Waals surface area contributed by atoms with E-state index in [1.165, 1.54) is 51.4 Å². The third-order valence-electron chi connectivity index (χ3n) is 9.71. The zero-order valence-electron chi connectivity index (χ0n) is 26.9. The monoisotopic (exact) mass is 590 g/mol. The molecule has 0 N–H and O–H groups in total. The van der Waals surface area contributed by atoms with Gasteiger partial charge in [0.15, 0.2) is 5.92 Å². The summed E-state index contributed by atoms with van der Waals surface area (Å²) in [6, 6.07) is 0. The molecule has 4 rings (SSSR count). The van der Waals surface area contributed by atoms with Crippen LogP contribution in [0.4, 0.5) is 0 Å². The molecule has 0 aliphatic heterocycles. The van der Waals surface area contributed by atoms with E-state index in [9.17, 15) is 19.2 Å². The summed E-state index contributed by atoms with van der Waals surface area (Å²) in [6.07, 6.45) is 13.8. The van der Waals surface area contributed by atoms with E-state index in [0.717, 1.165) is 43.1 Å². The van der Waals surface area contributed by atoms with E-state index >= 15 is 0 Å². The lowest BCUT2D eigenvalue weighted by atomic mass is 9.46. The van der Waals surface area contributed by atoms with Crippen LogP contribution in [0.3, 0.4) is 0 Å². The minimum absolute atomic E-state index is 0.116. The first kappa shape index (κ1) is 34.1. The van der Waals surface area contributed by atoms with Crippen LogP contribution in [0.15, 0.2) is 11.1 Å². The summed E-state index contributed by atoms with van der Waals surface area (Å²) in [5.74, 6) is -0.743. The van der Waals surface area contributed by atoms with E-state index in [1.807, 2.05) is 0 Å². The average molecular weight is 591 g/mol. The Balaban J connectivity index is 0.000000230. The molecule has 238 valence electrons. The Hall–Kier alpha value is -2.38. The standard InChI is InChI=1S/C17H28O4.C17H26O4/c2*1-4-7-12-8-17(9-12)10-13(11-17)14(15(18)20-5-2)16(19)21-6-3/h12-14H,4-11H2,1-3H3;12H,4-11H2,1-3H3. The number of allylic oxidation sites excluding steroid dienone is 1. The smallest absolute Gasteiger partial charge is 0.345 e. The van der Waals surface area contributed by atoms with Crippen molar-refractivity contribution in [2.24, 2.45) is 34.5 Å². The van der Waals surface area contributed by atoms with Gasteiger partial charge in [-0.05, 0) is 113 Å². The van der Waals surface area contributed by atoms with Crippen molar-refractivity contribution in [1.29, 1.82) is 0 Å². The molecule has 0 unspecified atom stereocenters. The first-order valence-corrected chi connectivity index (χ1v) is 16.5. The van der Waals surface area contributed by atoms with Crippen molar-refractivity contribution in [2.75, 3.05) is 26.4 Å². The minimum Gasteiger partial charge on any atom is -0.465 e. The lowest BCUT2D eigenvalue weighted by Crippen LogP contribution is -2.52. The van der Waals surface area contributed by atoms with Crippen molar-refractivity contribution in [3.8, 4) is 0 Å². The Labute approximate surface area is 252 Å². The quantitative estimate of drug-likeness (QED) is 0.0764. The molecule has 0 aromatic rings. The number of carbonyl (C=O) groups is 4. The van der Waals surface area contributed by atoms with Crippen LogP contribution >= 0.6 is 0 Å². The second-order valence-electron chi connectivity index (χ2n) is 13.0. The second-order valence-corrected chi connectivity index (χ2v) is 13.0. The molecule has 0 atom stereocenters. The summed E-state index contributed by atoms with van der Waals surface area (Å²) in [5, 5.41) is 0. The highest BCUT2D eigenvalue weighted by Gasteiger charge is 2.57. The normalized spacial score (nSPS) is 28.7. The lowest BCUT2D eigenvalue weighted by molar-refractivity contribution is -0.174. The van der Waals surface area contributed by atoms with Crippen molar-refractivity contribution in [3.63, 3.8) is 0 Å². The van der Waals surface area contributed by atoms with Gasteiger partial charge >= 0.3 is 23.9 Å². The first-order valence-electron chi connectivity index (χ1n) is 16.5. The van der Waals surface area contributed by atoms with Gasteiger partial charge in [0.1, 0.15) is 5.57 Å². The lowest BCUT2D eigenvalue weighted by Gasteiger charge is -2.59. The zero-order chi connectivity index (χ0) is 30.9. The number of rotatable bonds is 13. The van der Waals surface area contributed by atoms with Crippen molar-refractivity contribution in [1.82, 2.24) is 0 Å². The predicted octanol–water partition coefficient (Wildman–Crippen LogP) is 6.73. The van der Waals surface area contributed by atoms with Gasteiger partial charge in [-0.1, -0.05) is 39.5 Å². The first-order chi connectivity index (χ1) is 20.1. The van der Waals surface area contributed by atoms with Crippen LogP contribution in [0.2, 0.25) is 0 Å². The van der Waals surface area contributed by atoms with Crippen molar-refractivity contribution in [3.05, 3.63) is 11.1 Å². The fourth-order valence-electron chi connectivity index (χ4n) is 8.22. The molecule has 0 aromatic heterocycles. The molecule has 0 amide bonds. The highest BCUT2D eigenvalue weighted by molar-refractivity contribution is 6.15. The van der Waals surface area contributed by atoms with Crippen molar-refractivity contribution >= 4 is 23.9 Å². The summed E-state index contributed by atoms with van der Waals surface area (Å²) in [7, 11) is 0. The molecule has 0 heterocycles. The van der Waals surface area contributed by atoms with E-state index in [-0.39, 0.29) is 24.7 Å². The number of hydrogen-bond acceptors (Lipinski definition) is 8. The van der Waals surface area contributed by atoms with E-state index in [2.05, 4.69) is 13.8 Å². The van der Waals surface area contributed by atoms with Gasteiger partial charge in [0.25, 0.3) is 0 Å². The molecular weight excluding hydrogens is 536 g/mol. The van der Waals surface area contributed by atoms with E-state index in [4.69, 9.17) is 18.9 Å². The van der Waals surface area contributed by atoms with Crippen LogP contribution in [-0.4, -0.2) is 50.3 Å². The van der Waals surface area contributed by atoms with Gasteiger partial charge in [0.05, 0.1) is 26.4 Å². The molecule has 4 aliphatic carbocycles. The molecular formula is C34H54O8.